The Labute approximate surface area is 78.0 Å². The Balaban J connectivity index is 2.82. The van der Waals surface area contributed by atoms with Crippen LogP contribution in [-0.4, -0.2) is 27.0 Å². The number of nitrogens with one attached hydrogen (secondary N) is 1. The van der Waals surface area contributed by atoms with Crippen molar-refractivity contribution in [3.05, 3.63) is 16.6 Å². The predicted molar refractivity (Wildman–Crippen MR) is 48.9 cm³/mol. The van der Waals surface area contributed by atoms with Crippen LogP contribution in [0.5, 0.6) is 5.88 Å². The topological polar surface area (TPSA) is 107 Å². The van der Waals surface area contributed by atoms with Gasteiger partial charge in [0.2, 0.25) is 11.8 Å². The molecule has 2 aromatic rings. The number of rotatable bonds is 1. The Morgan fingerprint density at radius 2 is 2.29 bits per heavy atom. The van der Waals surface area contributed by atoms with E-state index in [9.17, 15) is 4.79 Å². The van der Waals surface area contributed by atoms with Crippen molar-refractivity contribution in [2.75, 3.05) is 12.8 Å². The van der Waals surface area contributed by atoms with Crippen LogP contribution in [0.2, 0.25) is 0 Å². The summed E-state index contributed by atoms with van der Waals surface area (Å²) in [5, 5.41) is 0. The lowest BCUT2D eigenvalue weighted by Crippen LogP contribution is -2.13. The quantitative estimate of drug-likeness (QED) is 0.620. The molecule has 0 amide bonds. The van der Waals surface area contributed by atoms with Gasteiger partial charge in [-0.25, -0.2) is 9.97 Å². The standard InChI is InChI=1S/C7H7N5O2/c1-14-3-2-9-5-4(10-3)6(13)12-7(8)11-5/h2H,1H3,(H3,8,9,11,12,13). The van der Waals surface area contributed by atoms with Gasteiger partial charge < -0.3 is 10.5 Å². The first kappa shape index (κ1) is 8.42. The van der Waals surface area contributed by atoms with E-state index in [1.165, 1.54) is 13.3 Å². The highest BCUT2D eigenvalue weighted by atomic mass is 16.5. The summed E-state index contributed by atoms with van der Waals surface area (Å²) in [5.41, 5.74) is 5.21. The van der Waals surface area contributed by atoms with Gasteiger partial charge in [0.05, 0.1) is 13.3 Å². The van der Waals surface area contributed by atoms with Crippen LogP contribution in [0.1, 0.15) is 0 Å². The number of hydrogen-bond donors (Lipinski definition) is 2. The summed E-state index contributed by atoms with van der Waals surface area (Å²) in [5.74, 6) is 0.275. The Morgan fingerprint density at radius 3 is 3.00 bits per heavy atom. The van der Waals surface area contributed by atoms with Crippen molar-refractivity contribution >= 4 is 17.1 Å². The van der Waals surface area contributed by atoms with Gasteiger partial charge in [-0.1, -0.05) is 0 Å². The fraction of sp³-hybridized carbons (Fsp3) is 0.143. The molecule has 7 heteroatoms. The molecule has 2 heterocycles. The maximum Gasteiger partial charge on any atom is 0.280 e. The second kappa shape index (κ2) is 2.95. The van der Waals surface area contributed by atoms with E-state index in [0.29, 0.717) is 0 Å². The van der Waals surface area contributed by atoms with Crippen LogP contribution in [0.25, 0.3) is 11.2 Å². The van der Waals surface area contributed by atoms with Crippen LogP contribution in [0.3, 0.4) is 0 Å². The fourth-order valence-electron chi connectivity index (χ4n) is 1.02. The molecule has 2 rings (SSSR count). The summed E-state index contributed by atoms with van der Waals surface area (Å²) in [6.07, 6.45) is 1.37. The molecule has 0 aliphatic carbocycles. The third-order valence-corrected chi connectivity index (χ3v) is 1.62. The van der Waals surface area contributed by atoms with E-state index < -0.39 is 5.56 Å². The summed E-state index contributed by atoms with van der Waals surface area (Å²) < 4.78 is 4.82. The van der Waals surface area contributed by atoms with E-state index in [1.807, 2.05) is 0 Å². The number of nitrogen functional groups attached to an aromatic ring is 1. The highest BCUT2D eigenvalue weighted by molar-refractivity contribution is 5.69. The maximum atomic E-state index is 11.3. The zero-order chi connectivity index (χ0) is 10.1. The van der Waals surface area contributed by atoms with Crippen molar-refractivity contribution in [1.29, 1.82) is 0 Å². The second-order valence-electron chi connectivity index (χ2n) is 2.54. The lowest BCUT2D eigenvalue weighted by molar-refractivity contribution is 0.397. The molecule has 0 atom stereocenters. The molecule has 0 saturated carbocycles. The Bertz CT molecular complexity index is 535. The van der Waals surface area contributed by atoms with Crippen molar-refractivity contribution in [1.82, 2.24) is 19.9 Å². The van der Waals surface area contributed by atoms with Crippen LogP contribution >= 0.6 is 0 Å². The van der Waals surface area contributed by atoms with E-state index in [2.05, 4.69) is 19.9 Å². The molecule has 2 aromatic heterocycles. The first-order valence-electron chi connectivity index (χ1n) is 3.77. The van der Waals surface area contributed by atoms with Crippen molar-refractivity contribution in [3.63, 3.8) is 0 Å². The molecule has 0 unspecified atom stereocenters. The second-order valence-corrected chi connectivity index (χ2v) is 2.54. The highest BCUT2D eigenvalue weighted by Crippen LogP contribution is 2.07. The summed E-state index contributed by atoms with van der Waals surface area (Å²) in [6.45, 7) is 0. The van der Waals surface area contributed by atoms with Crippen molar-refractivity contribution in [3.8, 4) is 5.88 Å². The number of anilines is 1. The van der Waals surface area contributed by atoms with Gasteiger partial charge >= 0.3 is 0 Å². The van der Waals surface area contributed by atoms with Crippen LogP contribution in [0.4, 0.5) is 5.95 Å². The minimum Gasteiger partial charge on any atom is -0.480 e. The number of methoxy groups -OCH3 is 1. The average molecular weight is 193 g/mol. The minimum absolute atomic E-state index is 0.0157. The largest absolute Gasteiger partial charge is 0.480 e. The predicted octanol–water partition coefficient (Wildman–Crippen LogP) is -0.696. The summed E-state index contributed by atoms with van der Waals surface area (Å²) >= 11 is 0. The van der Waals surface area contributed by atoms with E-state index in [4.69, 9.17) is 10.5 Å². The van der Waals surface area contributed by atoms with Gasteiger partial charge in [0.15, 0.2) is 11.2 Å². The van der Waals surface area contributed by atoms with Gasteiger partial charge in [0.1, 0.15) is 0 Å². The van der Waals surface area contributed by atoms with Gasteiger partial charge in [0, 0.05) is 0 Å². The van der Waals surface area contributed by atoms with E-state index in [0.717, 1.165) is 0 Å². The molecule has 14 heavy (non-hydrogen) atoms. The number of aromatic nitrogens is 4. The first-order valence-corrected chi connectivity index (χ1v) is 3.77. The molecular formula is C7H7N5O2. The number of hydrogen-bond acceptors (Lipinski definition) is 6. The lowest BCUT2D eigenvalue weighted by atomic mass is 10.5. The Hall–Kier alpha value is -2.18. The zero-order valence-electron chi connectivity index (χ0n) is 7.31. The first-order chi connectivity index (χ1) is 6.70. The molecule has 7 nitrogen and oxygen atoms in total. The summed E-state index contributed by atoms with van der Waals surface area (Å²) in [6, 6.07) is 0. The van der Waals surface area contributed by atoms with Gasteiger partial charge in [-0.05, 0) is 0 Å². The minimum atomic E-state index is -0.432. The normalized spacial score (nSPS) is 10.4. The molecule has 0 aliphatic heterocycles. The Morgan fingerprint density at radius 1 is 1.50 bits per heavy atom. The van der Waals surface area contributed by atoms with Gasteiger partial charge in [0.25, 0.3) is 5.56 Å². The molecule has 72 valence electrons. The number of aromatic amines is 1. The Kier molecular flexibility index (Phi) is 1.77. The molecule has 0 aliphatic rings. The number of H-pyrrole nitrogens is 1. The van der Waals surface area contributed by atoms with E-state index in [1.54, 1.807) is 0 Å². The highest BCUT2D eigenvalue weighted by Gasteiger charge is 2.05. The van der Waals surface area contributed by atoms with Crippen LogP contribution in [0.15, 0.2) is 11.0 Å². The molecular weight excluding hydrogens is 186 g/mol. The number of nitrogens with two attached hydrogens (primary N) is 1. The SMILES string of the molecule is COc1cnc2nc(N)[nH]c(=O)c2n1. The van der Waals surface area contributed by atoms with Gasteiger partial charge in [-0.2, -0.15) is 4.98 Å². The number of fused-ring (bicyclic) bond motifs is 1. The summed E-state index contributed by atoms with van der Waals surface area (Å²) in [7, 11) is 1.44. The monoisotopic (exact) mass is 193 g/mol. The molecule has 0 saturated heterocycles. The van der Waals surface area contributed by atoms with Crippen molar-refractivity contribution < 1.29 is 4.74 Å². The molecule has 0 radical (unpaired) electrons. The molecule has 0 spiro atoms. The average Bonchev–Trinajstić information content (AvgIpc) is 2.17. The van der Waals surface area contributed by atoms with Gasteiger partial charge in [-0.3, -0.25) is 9.78 Å². The smallest absolute Gasteiger partial charge is 0.280 e. The van der Waals surface area contributed by atoms with E-state index >= 15 is 0 Å². The van der Waals surface area contributed by atoms with E-state index in [-0.39, 0.29) is 23.0 Å². The molecule has 3 N–H and O–H groups in total. The number of nitrogens with zero attached hydrogens (tertiary/aromatic N) is 3. The van der Waals surface area contributed by atoms with Crippen molar-refractivity contribution in [2.24, 2.45) is 0 Å². The molecule has 0 fully saturated rings. The third kappa shape index (κ3) is 1.24. The third-order valence-electron chi connectivity index (χ3n) is 1.62. The molecule has 0 bridgehead atoms. The molecule has 0 aromatic carbocycles. The summed E-state index contributed by atoms with van der Waals surface area (Å²) in [4.78, 5) is 25.2. The maximum absolute atomic E-state index is 11.3. The van der Waals surface area contributed by atoms with Crippen LogP contribution in [-0.2, 0) is 0 Å². The van der Waals surface area contributed by atoms with Crippen molar-refractivity contribution in [2.45, 2.75) is 0 Å². The lowest BCUT2D eigenvalue weighted by Gasteiger charge is -1.99. The number of ether oxygens (including phenoxy) is 1. The zero-order valence-corrected chi connectivity index (χ0v) is 7.31. The van der Waals surface area contributed by atoms with Crippen LogP contribution in [0, 0.1) is 0 Å². The van der Waals surface area contributed by atoms with Gasteiger partial charge in [-0.15, -0.1) is 0 Å². The van der Waals surface area contributed by atoms with Crippen LogP contribution < -0.4 is 16.0 Å². The fourth-order valence-corrected chi connectivity index (χ4v) is 1.02.